The Morgan fingerprint density at radius 2 is 1.89 bits per heavy atom. The lowest BCUT2D eigenvalue weighted by molar-refractivity contribution is 0.101. The van der Waals surface area contributed by atoms with Gasteiger partial charge in [0.2, 0.25) is 0 Å². The molecule has 100 valence electrons. The number of ether oxygens (including phenoxy) is 1. The molecule has 0 aliphatic carbocycles. The van der Waals surface area contributed by atoms with Crippen LogP contribution in [-0.4, -0.2) is 12.4 Å². The molecule has 0 atom stereocenters. The molecule has 0 spiro atoms. The van der Waals surface area contributed by atoms with E-state index in [9.17, 15) is 4.79 Å². The molecule has 0 amide bonds. The predicted molar refractivity (Wildman–Crippen MR) is 75.4 cm³/mol. The van der Waals surface area contributed by atoms with E-state index in [0.29, 0.717) is 0 Å². The fourth-order valence-corrected chi connectivity index (χ4v) is 2.02. The topological polar surface area (TPSA) is 26.3 Å². The van der Waals surface area contributed by atoms with Gasteiger partial charge in [-0.15, -0.1) is 0 Å². The Labute approximate surface area is 110 Å². The van der Waals surface area contributed by atoms with E-state index in [2.05, 4.69) is 6.92 Å². The number of aryl methyl sites for hydroxylation is 1. The number of Topliss-reactive ketones (excluding diaryl/α,β-unsaturated/α-hetero) is 1. The van der Waals surface area contributed by atoms with Crippen LogP contribution < -0.4 is 4.74 Å². The second-order valence-electron chi connectivity index (χ2n) is 4.80. The number of hydrogen-bond acceptors (Lipinski definition) is 2. The average Bonchev–Trinajstić information content (AvgIpc) is 2.33. The fraction of sp³-hybridized carbons (Fsp3) is 0.562. The van der Waals surface area contributed by atoms with Crippen molar-refractivity contribution in [3.05, 3.63) is 29.3 Å². The lowest BCUT2D eigenvalue weighted by Crippen LogP contribution is -2.00. The second kappa shape index (κ2) is 7.91. The van der Waals surface area contributed by atoms with E-state index in [0.717, 1.165) is 29.9 Å². The number of benzene rings is 1. The molecule has 0 bridgehead atoms. The molecule has 0 fully saturated rings. The van der Waals surface area contributed by atoms with Crippen LogP contribution in [0.3, 0.4) is 0 Å². The lowest BCUT2D eigenvalue weighted by atomic mass is 10.1. The van der Waals surface area contributed by atoms with E-state index in [4.69, 9.17) is 4.74 Å². The Morgan fingerprint density at radius 1 is 1.17 bits per heavy atom. The maximum absolute atomic E-state index is 11.3. The summed E-state index contributed by atoms with van der Waals surface area (Å²) in [5.41, 5.74) is 1.77. The molecular weight excluding hydrogens is 224 g/mol. The fourth-order valence-electron chi connectivity index (χ4n) is 2.02. The van der Waals surface area contributed by atoms with Crippen LogP contribution in [0.25, 0.3) is 0 Å². The van der Waals surface area contributed by atoms with Crippen molar-refractivity contribution in [1.82, 2.24) is 0 Å². The van der Waals surface area contributed by atoms with E-state index >= 15 is 0 Å². The highest BCUT2D eigenvalue weighted by Crippen LogP contribution is 2.18. The van der Waals surface area contributed by atoms with Crippen molar-refractivity contribution >= 4 is 5.78 Å². The van der Waals surface area contributed by atoms with Gasteiger partial charge >= 0.3 is 0 Å². The molecule has 0 saturated heterocycles. The number of carbonyl (C=O) groups excluding carboxylic acids is 1. The molecule has 1 aromatic carbocycles. The zero-order valence-corrected chi connectivity index (χ0v) is 11.8. The summed E-state index contributed by atoms with van der Waals surface area (Å²) in [4.78, 5) is 11.3. The molecule has 0 unspecified atom stereocenters. The smallest absolute Gasteiger partial charge is 0.160 e. The Kier molecular flexibility index (Phi) is 6.48. The van der Waals surface area contributed by atoms with Crippen molar-refractivity contribution < 1.29 is 9.53 Å². The molecular formula is C16H24O2. The minimum Gasteiger partial charge on any atom is -0.494 e. The number of unbranched alkanes of at least 4 members (excludes halogenated alkanes) is 4. The summed E-state index contributed by atoms with van der Waals surface area (Å²) >= 11 is 0. The van der Waals surface area contributed by atoms with Crippen LogP contribution in [0.5, 0.6) is 5.75 Å². The van der Waals surface area contributed by atoms with Gasteiger partial charge in [-0.3, -0.25) is 4.79 Å². The van der Waals surface area contributed by atoms with Crippen LogP contribution in [0.15, 0.2) is 18.2 Å². The summed E-state index contributed by atoms with van der Waals surface area (Å²) in [6.07, 6.45) is 6.22. The van der Waals surface area contributed by atoms with Gasteiger partial charge in [0.25, 0.3) is 0 Å². The molecule has 0 aromatic heterocycles. The van der Waals surface area contributed by atoms with Gasteiger partial charge in [-0.05, 0) is 44.0 Å². The van der Waals surface area contributed by atoms with Crippen LogP contribution in [0.2, 0.25) is 0 Å². The minimum atomic E-state index is 0.110. The van der Waals surface area contributed by atoms with Crippen molar-refractivity contribution in [2.75, 3.05) is 6.61 Å². The first kappa shape index (κ1) is 14.7. The van der Waals surface area contributed by atoms with Gasteiger partial charge in [0.05, 0.1) is 6.61 Å². The molecule has 18 heavy (non-hydrogen) atoms. The zero-order chi connectivity index (χ0) is 13.4. The normalized spacial score (nSPS) is 10.4. The second-order valence-corrected chi connectivity index (χ2v) is 4.80. The first-order valence-corrected chi connectivity index (χ1v) is 6.89. The van der Waals surface area contributed by atoms with Crippen LogP contribution in [0.4, 0.5) is 0 Å². The molecule has 0 heterocycles. The van der Waals surface area contributed by atoms with Crippen molar-refractivity contribution in [2.45, 2.75) is 52.9 Å². The predicted octanol–water partition coefficient (Wildman–Crippen LogP) is 4.55. The van der Waals surface area contributed by atoms with E-state index in [-0.39, 0.29) is 5.78 Å². The van der Waals surface area contributed by atoms with E-state index in [1.54, 1.807) is 6.92 Å². The largest absolute Gasteiger partial charge is 0.494 e. The summed E-state index contributed by atoms with van der Waals surface area (Å²) in [5, 5.41) is 0. The third-order valence-electron chi connectivity index (χ3n) is 3.09. The monoisotopic (exact) mass is 248 g/mol. The Bertz CT molecular complexity index is 383. The van der Waals surface area contributed by atoms with E-state index < -0.39 is 0 Å². The van der Waals surface area contributed by atoms with Gasteiger partial charge in [0.15, 0.2) is 5.78 Å². The quantitative estimate of drug-likeness (QED) is 0.498. The zero-order valence-electron chi connectivity index (χ0n) is 11.8. The average molecular weight is 248 g/mol. The molecule has 0 aliphatic heterocycles. The Morgan fingerprint density at radius 3 is 2.50 bits per heavy atom. The molecule has 0 N–H and O–H groups in total. The summed E-state index contributed by atoms with van der Waals surface area (Å²) < 4.78 is 5.69. The van der Waals surface area contributed by atoms with Crippen molar-refractivity contribution in [3.63, 3.8) is 0 Å². The Balaban J connectivity index is 2.35. The molecule has 1 rings (SSSR count). The molecule has 2 nitrogen and oxygen atoms in total. The first-order valence-electron chi connectivity index (χ1n) is 6.89. The molecule has 2 heteroatoms. The highest BCUT2D eigenvalue weighted by Gasteiger charge is 2.04. The van der Waals surface area contributed by atoms with E-state index in [1.165, 1.54) is 25.7 Å². The van der Waals surface area contributed by atoms with E-state index in [1.807, 2.05) is 25.1 Å². The van der Waals surface area contributed by atoms with Crippen LogP contribution in [-0.2, 0) is 0 Å². The molecule has 0 radical (unpaired) electrons. The first-order chi connectivity index (χ1) is 8.65. The van der Waals surface area contributed by atoms with Gasteiger partial charge < -0.3 is 4.74 Å². The van der Waals surface area contributed by atoms with Crippen LogP contribution in [0, 0.1) is 6.92 Å². The number of carbonyl (C=O) groups is 1. The van der Waals surface area contributed by atoms with Crippen LogP contribution >= 0.6 is 0 Å². The number of hydrogen-bond donors (Lipinski definition) is 0. The highest BCUT2D eigenvalue weighted by atomic mass is 16.5. The number of ketones is 1. The van der Waals surface area contributed by atoms with Crippen LogP contribution in [0.1, 0.15) is 61.9 Å². The standard InChI is InChI=1S/C16H24O2/c1-4-5-6-7-8-11-18-15-9-10-16(14(3)17)13(2)12-15/h9-10,12H,4-8,11H2,1-3H3. The highest BCUT2D eigenvalue weighted by molar-refractivity contribution is 5.95. The summed E-state index contributed by atoms with van der Waals surface area (Å²) in [6.45, 7) is 6.53. The molecule has 0 saturated carbocycles. The van der Waals surface area contributed by atoms with Gasteiger partial charge in [0.1, 0.15) is 5.75 Å². The SMILES string of the molecule is CCCCCCCOc1ccc(C(C)=O)c(C)c1. The van der Waals surface area contributed by atoms with Gasteiger partial charge in [0, 0.05) is 5.56 Å². The minimum absolute atomic E-state index is 0.110. The van der Waals surface area contributed by atoms with Crippen molar-refractivity contribution in [3.8, 4) is 5.75 Å². The number of rotatable bonds is 8. The summed E-state index contributed by atoms with van der Waals surface area (Å²) in [5.74, 6) is 0.978. The Hall–Kier alpha value is -1.31. The maximum atomic E-state index is 11.3. The maximum Gasteiger partial charge on any atom is 0.160 e. The lowest BCUT2D eigenvalue weighted by Gasteiger charge is -2.08. The van der Waals surface area contributed by atoms with Gasteiger partial charge in [-0.25, -0.2) is 0 Å². The third kappa shape index (κ3) is 4.91. The van der Waals surface area contributed by atoms with Crippen molar-refractivity contribution in [2.24, 2.45) is 0 Å². The molecule has 1 aromatic rings. The van der Waals surface area contributed by atoms with Crippen molar-refractivity contribution in [1.29, 1.82) is 0 Å². The van der Waals surface area contributed by atoms with Gasteiger partial charge in [-0.1, -0.05) is 32.6 Å². The molecule has 0 aliphatic rings. The van der Waals surface area contributed by atoms with Gasteiger partial charge in [-0.2, -0.15) is 0 Å². The third-order valence-corrected chi connectivity index (χ3v) is 3.09. The summed E-state index contributed by atoms with van der Waals surface area (Å²) in [6, 6.07) is 5.68. The summed E-state index contributed by atoms with van der Waals surface area (Å²) in [7, 11) is 0.